The highest BCUT2D eigenvalue weighted by molar-refractivity contribution is 5.95. The van der Waals surface area contributed by atoms with Crippen molar-refractivity contribution in [2.24, 2.45) is 5.92 Å². The number of furan rings is 1. The Morgan fingerprint density at radius 2 is 1.95 bits per heavy atom. The van der Waals surface area contributed by atoms with Crippen LogP contribution in [0.25, 0.3) is 0 Å². The van der Waals surface area contributed by atoms with E-state index in [0.717, 1.165) is 19.1 Å². The van der Waals surface area contributed by atoms with E-state index >= 15 is 0 Å². The minimum absolute atomic E-state index is 0.0158. The molecule has 2 N–H and O–H groups in total. The number of carbonyl (C=O) groups is 2. The van der Waals surface area contributed by atoms with Crippen molar-refractivity contribution in [3.8, 4) is 0 Å². The molecule has 1 aliphatic carbocycles. The summed E-state index contributed by atoms with van der Waals surface area (Å²) >= 11 is 0. The second kappa shape index (κ2) is 6.05. The predicted octanol–water partition coefficient (Wildman–Crippen LogP) is 2.90. The highest BCUT2D eigenvalue weighted by Gasteiger charge is 2.30. The maximum absolute atomic E-state index is 11.9. The second-order valence-corrected chi connectivity index (χ2v) is 5.66. The van der Waals surface area contributed by atoms with Gasteiger partial charge in [-0.05, 0) is 30.2 Å². The van der Waals surface area contributed by atoms with Gasteiger partial charge in [-0.2, -0.15) is 0 Å². The molecule has 0 atom stereocenters. The smallest absolute Gasteiger partial charge is 0.338 e. The molecule has 1 amide bonds. The van der Waals surface area contributed by atoms with Gasteiger partial charge in [-0.15, -0.1) is 0 Å². The summed E-state index contributed by atoms with van der Waals surface area (Å²) in [6, 6.07) is 11.6. The van der Waals surface area contributed by atoms with Gasteiger partial charge in [0.25, 0.3) is 5.91 Å². The van der Waals surface area contributed by atoms with E-state index in [1.807, 2.05) is 18.2 Å². The third kappa shape index (κ3) is 3.03. The Kier molecular flexibility index (Phi) is 3.96. The van der Waals surface area contributed by atoms with Crippen LogP contribution in [-0.2, 0) is 0 Å². The zero-order valence-corrected chi connectivity index (χ0v) is 12.0. The lowest BCUT2D eigenvalue weighted by Crippen LogP contribution is -2.35. The van der Waals surface area contributed by atoms with Crippen LogP contribution in [0.1, 0.15) is 45.2 Å². The molecule has 1 aliphatic rings. The van der Waals surface area contributed by atoms with Crippen LogP contribution in [0.2, 0.25) is 0 Å². The summed E-state index contributed by atoms with van der Waals surface area (Å²) in [6.45, 7) is 0.589. The van der Waals surface area contributed by atoms with E-state index in [-0.39, 0.29) is 17.2 Å². The van der Waals surface area contributed by atoms with Crippen LogP contribution in [0.15, 0.2) is 47.1 Å². The fraction of sp³-hybridized carbons (Fsp3) is 0.294. The number of benzene rings is 1. The normalized spacial score (nSPS) is 20.2. The zero-order chi connectivity index (χ0) is 15.5. The molecule has 3 rings (SSSR count). The summed E-state index contributed by atoms with van der Waals surface area (Å²) in [5, 5.41) is 11.6. The van der Waals surface area contributed by atoms with E-state index in [1.165, 1.54) is 11.6 Å². The van der Waals surface area contributed by atoms with Crippen molar-refractivity contribution in [2.45, 2.75) is 18.8 Å². The van der Waals surface area contributed by atoms with E-state index in [2.05, 4.69) is 17.4 Å². The maximum Gasteiger partial charge on any atom is 0.338 e. The third-order valence-corrected chi connectivity index (χ3v) is 4.13. The summed E-state index contributed by atoms with van der Waals surface area (Å²) in [4.78, 5) is 22.6. The molecular weight excluding hydrogens is 282 g/mol. The van der Waals surface area contributed by atoms with E-state index in [4.69, 9.17) is 9.52 Å². The fourth-order valence-corrected chi connectivity index (χ4v) is 2.79. The molecular formula is C17H17NO4. The van der Waals surface area contributed by atoms with E-state index < -0.39 is 5.97 Å². The Bertz CT molecular complexity index is 671. The molecule has 0 saturated heterocycles. The van der Waals surface area contributed by atoms with Crippen LogP contribution in [0.4, 0.5) is 0 Å². The largest absolute Gasteiger partial charge is 0.478 e. The average molecular weight is 299 g/mol. The van der Waals surface area contributed by atoms with E-state index in [9.17, 15) is 9.59 Å². The first-order valence-corrected chi connectivity index (χ1v) is 7.28. The summed E-state index contributed by atoms with van der Waals surface area (Å²) in [7, 11) is 0. The van der Waals surface area contributed by atoms with Gasteiger partial charge in [0.2, 0.25) is 0 Å². The molecule has 0 unspecified atom stereocenters. The molecule has 5 heteroatoms. The van der Waals surface area contributed by atoms with Crippen molar-refractivity contribution in [2.75, 3.05) is 6.54 Å². The maximum atomic E-state index is 11.9. The summed E-state index contributed by atoms with van der Waals surface area (Å²) < 4.78 is 4.97. The average Bonchev–Trinajstić information content (AvgIpc) is 2.96. The molecule has 1 fully saturated rings. The summed E-state index contributed by atoms with van der Waals surface area (Å²) in [5.74, 6) is -0.395. The van der Waals surface area contributed by atoms with Gasteiger partial charge in [-0.1, -0.05) is 30.3 Å². The molecule has 1 aromatic carbocycles. The Labute approximate surface area is 127 Å². The lowest BCUT2D eigenvalue weighted by atomic mass is 9.71. The number of carbonyl (C=O) groups excluding carboxylic acids is 1. The number of amides is 1. The molecule has 22 heavy (non-hydrogen) atoms. The van der Waals surface area contributed by atoms with Crippen LogP contribution in [0, 0.1) is 5.92 Å². The molecule has 0 radical (unpaired) electrons. The Hall–Kier alpha value is -2.56. The lowest BCUT2D eigenvalue weighted by Gasteiger charge is -2.35. The molecule has 114 valence electrons. The second-order valence-electron chi connectivity index (χ2n) is 5.66. The first-order valence-electron chi connectivity index (χ1n) is 7.28. The molecule has 5 nitrogen and oxygen atoms in total. The first-order chi connectivity index (χ1) is 10.6. The van der Waals surface area contributed by atoms with Crippen LogP contribution in [0.5, 0.6) is 0 Å². The molecule has 0 bridgehead atoms. The SMILES string of the molecule is O=C(O)c1coc(C(=O)NCC2CC(c3ccccc3)C2)c1. The monoisotopic (exact) mass is 299 g/mol. The quantitative estimate of drug-likeness (QED) is 0.889. The van der Waals surface area contributed by atoms with Gasteiger partial charge in [0, 0.05) is 12.6 Å². The minimum Gasteiger partial charge on any atom is -0.478 e. The Morgan fingerprint density at radius 1 is 1.23 bits per heavy atom. The highest BCUT2D eigenvalue weighted by atomic mass is 16.4. The van der Waals surface area contributed by atoms with Crippen molar-refractivity contribution in [1.82, 2.24) is 5.32 Å². The topological polar surface area (TPSA) is 79.5 Å². The Morgan fingerprint density at radius 3 is 2.59 bits per heavy atom. The fourth-order valence-electron chi connectivity index (χ4n) is 2.79. The van der Waals surface area contributed by atoms with Crippen molar-refractivity contribution in [3.63, 3.8) is 0 Å². The minimum atomic E-state index is -1.10. The van der Waals surface area contributed by atoms with Crippen LogP contribution < -0.4 is 5.32 Å². The first kappa shape index (κ1) is 14.4. The number of rotatable bonds is 5. The van der Waals surface area contributed by atoms with Crippen molar-refractivity contribution in [1.29, 1.82) is 0 Å². The molecule has 0 spiro atoms. The van der Waals surface area contributed by atoms with Gasteiger partial charge in [0.1, 0.15) is 6.26 Å². The number of hydrogen-bond acceptors (Lipinski definition) is 3. The highest BCUT2D eigenvalue weighted by Crippen LogP contribution is 2.41. The van der Waals surface area contributed by atoms with Crippen LogP contribution >= 0.6 is 0 Å². The van der Waals surface area contributed by atoms with E-state index in [1.54, 1.807) is 0 Å². The number of carboxylic acids is 1. The van der Waals surface area contributed by atoms with Gasteiger partial charge in [0.05, 0.1) is 5.56 Å². The molecule has 1 aromatic heterocycles. The van der Waals surface area contributed by atoms with Gasteiger partial charge < -0.3 is 14.8 Å². The van der Waals surface area contributed by atoms with Crippen molar-refractivity contribution in [3.05, 3.63) is 59.5 Å². The standard InChI is InChI=1S/C17H17NO4/c19-16(15-8-14(10-22-15)17(20)21)18-9-11-6-13(7-11)12-4-2-1-3-5-12/h1-5,8,10-11,13H,6-7,9H2,(H,18,19)(H,20,21). The van der Waals surface area contributed by atoms with Crippen molar-refractivity contribution < 1.29 is 19.1 Å². The zero-order valence-electron chi connectivity index (χ0n) is 12.0. The number of hydrogen-bond donors (Lipinski definition) is 2. The molecule has 1 saturated carbocycles. The molecule has 0 aliphatic heterocycles. The Balaban J connectivity index is 1.46. The predicted molar refractivity (Wildman–Crippen MR) is 79.9 cm³/mol. The third-order valence-electron chi connectivity index (χ3n) is 4.13. The van der Waals surface area contributed by atoms with Gasteiger partial charge in [-0.3, -0.25) is 4.79 Å². The van der Waals surface area contributed by atoms with Gasteiger partial charge in [-0.25, -0.2) is 4.79 Å². The van der Waals surface area contributed by atoms with E-state index in [0.29, 0.717) is 18.4 Å². The van der Waals surface area contributed by atoms with Crippen LogP contribution in [0.3, 0.4) is 0 Å². The molecule has 1 heterocycles. The molecule has 2 aromatic rings. The summed E-state index contributed by atoms with van der Waals surface area (Å²) in [5.41, 5.74) is 1.33. The van der Waals surface area contributed by atoms with Gasteiger partial charge in [0.15, 0.2) is 5.76 Å². The number of nitrogens with one attached hydrogen (secondary N) is 1. The van der Waals surface area contributed by atoms with Gasteiger partial charge >= 0.3 is 5.97 Å². The van der Waals surface area contributed by atoms with Crippen LogP contribution in [-0.4, -0.2) is 23.5 Å². The lowest BCUT2D eigenvalue weighted by molar-refractivity contribution is 0.0695. The summed E-state index contributed by atoms with van der Waals surface area (Å²) in [6.07, 6.45) is 3.19. The number of carboxylic acid groups (broad SMARTS) is 1. The van der Waals surface area contributed by atoms with Crippen molar-refractivity contribution >= 4 is 11.9 Å². The number of aromatic carboxylic acids is 1.